The number of phenols is 1. The summed E-state index contributed by atoms with van der Waals surface area (Å²) >= 11 is 19.9. The summed E-state index contributed by atoms with van der Waals surface area (Å²) in [6.45, 7) is 26.5. The number of nitrogen functional groups attached to an aromatic ring is 1. The number of nitrogens with one attached hydrogen (secondary N) is 3. The molecule has 0 unspecified atom stereocenters. The zero-order valence-corrected chi connectivity index (χ0v) is 75.9. The zero-order valence-electron chi connectivity index (χ0n) is 72.0. The van der Waals surface area contributed by atoms with Crippen LogP contribution < -0.4 is 64.3 Å². The lowest BCUT2D eigenvalue weighted by atomic mass is 10.2. The molecule has 5 aliphatic heterocycles. The van der Waals surface area contributed by atoms with Crippen LogP contribution in [0, 0.1) is 36.2 Å². The van der Waals surface area contributed by atoms with Crippen LogP contribution in [0.2, 0.25) is 5.02 Å². The Labute approximate surface area is 746 Å². The maximum absolute atomic E-state index is 13.4. The Morgan fingerprint density at radius 1 is 0.488 bits per heavy atom. The first-order valence-corrected chi connectivity index (χ1v) is 43.1. The van der Waals surface area contributed by atoms with E-state index in [9.17, 15) is 34.7 Å². The molecular formula is C84H125BrCl3FN16O18. The van der Waals surface area contributed by atoms with E-state index in [1.165, 1.54) is 89.0 Å². The van der Waals surface area contributed by atoms with Gasteiger partial charge in [0.25, 0.3) is 17.1 Å². The summed E-state index contributed by atoms with van der Waals surface area (Å²) in [7, 11) is 16.3. The number of benzene rings is 6. The van der Waals surface area contributed by atoms with Crippen molar-refractivity contribution in [3.05, 3.63) is 163 Å². The number of nitrogens with zero attached hydrogens (tertiary/aromatic N) is 12. The highest BCUT2D eigenvalue weighted by Gasteiger charge is 2.20. The monoisotopic (exact) mass is 1850 g/mol. The first-order chi connectivity index (χ1) is 59.4. The molecule has 5 saturated heterocycles. The molecule has 0 spiro atoms. The lowest BCUT2D eigenvalue weighted by Crippen LogP contribution is -2.44. The van der Waals surface area contributed by atoms with Crippen molar-refractivity contribution in [2.75, 3.05) is 274 Å². The molecular weight excluding hydrogens is 1730 g/mol. The molecule has 684 valence electrons. The first kappa shape index (κ1) is 104. The first-order valence-electron chi connectivity index (χ1n) is 40.5. The van der Waals surface area contributed by atoms with Crippen LogP contribution in [0.3, 0.4) is 0 Å². The van der Waals surface area contributed by atoms with Crippen molar-refractivity contribution in [1.29, 1.82) is 0 Å². The summed E-state index contributed by atoms with van der Waals surface area (Å²) in [4.78, 5) is 55.6. The van der Waals surface area contributed by atoms with Gasteiger partial charge in [0.05, 0.1) is 126 Å². The molecule has 5 fully saturated rings. The lowest BCUT2D eigenvalue weighted by molar-refractivity contribution is -0.385. The number of rotatable bonds is 33. The van der Waals surface area contributed by atoms with Crippen LogP contribution in [0.1, 0.15) is 33.5 Å². The standard InChI is InChI=1S/C25H30ClFN6O2.C15H23N3O4.C15H25N3O2.C10H12ClNO4.C7H7NO4.C5H12N2.C4H8O2.C3H6BrCl.H2/c1-32-11-13-33(14-12-32)10-3-15-35-23-17-19(5-7-22(23)34-2)30-25-28-9-8-24(31-25)29-18-4-6-21(27)20(26)16-18;1-16-7-9-17(10-8-16)6-3-11-22-15-12-13(18(19)20)4-5-14(15)21-2;1-17-7-9-18(10-8-17)6-3-11-20-15-12-13(16)4-5-14(15)19-2;1-15-9-4-3-8(12(13)14)7-10(9)16-6-2-5-11;1-12-7-3-2-5(8(10)11)4-6(7)9;1-7-4-2-6-3-5-7;1-2-6-4-3-5-1;4-2-1-3-5;/h4-9,16-17H,3,10-15H2,1-2H3,(H2,28,29,30,31);4-5,12H,3,6-11H2,1-2H3;4-5,12H,3,6-11,16H2,1-2H3;3-4,7H,2,5-6H2,1H3;2-4,9H,1H3;6H,2-5H2,1H3;1-4H2;1-3H2;1H. The van der Waals surface area contributed by atoms with Crippen LogP contribution in [0.5, 0.6) is 57.5 Å². The number of anilines is 5. The highest BCUT2D eigenvalue weighted by molar-refractivity contribution is 9.09. The smallest absolute Gasteiger partial charge is 0.273 e. The van der Waals surface area contributed by atoms with Crippen LogP contribution in [0.4, 0.5) is 50.3 Å². The number of alkyl halides is 3. The van der Waals surface area contributed by atoms with Crippen molar-refractivity contribution in [3.63, 3.8) is 0 Å². The van der Waals surface area contributed by atoms with E-state index in [1.54, 1.807) is 38.6 Å². The SMILES string of the molecule is C1COCCO1.CN1CCNCC1.COc1ccc(N)cc1OCCCN1CCN(C)CC1.COc1ccc(Nc2nccc(Nc3ccc(F)c(Cl)c3)n2)cc1OCCCN1CCN(C)CC1.COc1ccc([N+](=O)[O-])cc1O.COc1ccc([N+](=O)[O-])cc1OCCCCl.COc1ccc([N+](=O)[O-])cc1OCCCN1CCN(C)CC1.ClCCCBr.[HH]. The Morgan fingerprint density at radius 2 is 0.862 bits per heavy atom. The molecule has 0 atom stereocenters. The number of nitro benzene ring substituents is 3. The van der Waals surface area contributed by atoms with Gasteiger partial charge in [-0.3, -0.25) is 30.3 Å². The van der Waals surface area contributed by atoms with E-state index in [0.717, 1.165) is 198 Å². The number of methoxy groups -OCH3 is 5. The second kappa shape index (κ2) is 61.3. The molecule has 12 rings (SSSR count). The number of piperazine rings is 4. The summed E-state index contributed by atoms with van der Waals surface area (Å²) in [6, 6.07) is 29.4. The Bertz CT molecular complexity index is 4140. The number of likely N-dealkylation sites (N-methyl/N-ethyl adjacent to an activating group) is 4. The van der Waals surface area contributed by atoms with Crippen molar-refractivity contribution in [1.82, 2.24) is 49.6 Å². The maximum atomic E-state index is 13.4. The van der Waals surface area contributed by atoms with Crippen molar-refractivity contribution in [3.8, 4) is 57.5 Å². The van der Waals surface area contributed by atoms with Crippen molar-refractivity contribution < 1.29 is 77.8 Å². The summed E-state index contributed by atoms with van der Waals surface area (Å²) in [5, 5.41) is 51.3. The molecule has 123 heavy (non-hydrogen) atoms. The second-order valence-electron chi connectivity index (χ2n) is 28.2. The zero-order chi connectivity index (χ0) is 89.5. The van der Waals surface area contributed by atoms with Crippen molar-refractivity contribution >= 4 is 96.6 Å². The lowest BCUT2D eigenvalue weighted by Gasteiger charge is -2.32. The van der Waals surface area contributed by atoms with Crippen molar-refractivity contribution in [2.24, 2.45) is 0 Å². The van der Waals surface area contributed by atoms with Crippen molar-refractivity contribution in [2.45, 2.75) is 32.1 Å². The number of hydrogen-bond donors (Lipinski definition) is 5. The Morgan fingerprint density at radius 3 is 1.24 bits per heavy atom. The van der Waals surface area contributed by atoms with E-state index in [1.807, 2.05) is 36.4 Å². The van der Waals surface area contributed by atoms with Crippen LogP contribution in [-0.4, -0.2) is 322 Å². The number of ether oxygens (including phenoxy) is 11. The van der Waals surface area contributed by atoms with Gasteiger partial charge in [0.1, 0.15) is 11.6 Å². The average molecular weight is 1850 g/mol. The van der Waals surface area contributed by atoms with Crippen LogP contribution >= 0.6 is 50.7 Å². The molecule has 0 radical (unpaired) electrons. The van der Waals surface area contributed by atoms with Gasteiger partial charge in [-0.2, -0.15) is 4.98 Å². The fourth-order valence-corrected chi connectivity index (χ4v) is 12.7. The average Bonchev–Trinajstić information content (AvgIpc) is 0.896. The molecule has 0 aliphatic carbocycles. The van der Waals surface area contributed by atoms with E-state index >= 15 is 0 Å². The van der Waals surface area contributed by atoms with Gasteiger partial charge in [0, 0.05) is 196 Å². The molecule has 6 N–H and O–H groups in total. The third kappa shape index (κ3) is 42.4. The predicted octanol–water partition coefficient (Wildman–Crippen LogP) is 13.4. The largest absolute Gasteiger partial charge is 0.504 e. The van der Waals surface area contributed by atoms with Gasteiger partial charge in [-0.05, 0) is 127 Å². The number of nitro groups is 3. The second-order valence-corrected chi connectivity index (χ2v) is 30.1. The molecule has 0 saturated carbocycles. The molecule has 6 heterocycles. The van der Waals surface area contributed by atoms with E-state index in [0.29, 0.717) is 96.4 Å². The van der Waals surface area contributed by atoms with Gasteiger partial charge in [0.15, 0.2) is 57.5 Å². The highest BCUT2D eigenvalue weighted by atomic mass is 79.9. The van der Waals surface area contributed by atoms with Gasteiger partial charge >= 0.3 is 0 Å². The number of halogens is 5. The quantitative estimate of drug-likeness (QED) is 0.00838. The predicted molar refractivity (Wildman–Crippen MR) is 487 cm³/mol. The third-order valence-corrected chi connectivity index (χ3v) is 20.2. The summed E-state index contributed by atoms with van der Waals surface area (Å²) in [6.07, 6.45) is 6.21. The minimum Gasteiger partial charge on any atom is -0.504 e. The van der Waals surface area contributed by atoms with Crippen LogP contribution in [0.15, 0.2) is 121 Å². The molecule has 0 amide bonds. The van der Waals surface area contributed by atoms with Gasteiger partial charge in [-0.25, -0.2) is 9.37 Å². The number of aromatic nitrogens is 2. The minimum atomic E-state index is -0.584. The number of nitrogens with two attached hydrogens (primary N) is 1. The number of phenolic OH excluding ortho intramolecular Hbond substituents is 1. The Hall–Kier alpha value is -9.12. The summed E-state index contributed by atoms with van der Waals surface area (Å²) < 4.78 is 71.8. The van der Waals surface area contributed by atoms with E-state index < -0.39 is 20.6 Å². The highest BCUT2D eigenvalue weighted by Crippen LogP contribution is 2.36. The molecule has 1 aromatic heterocycles. The molecule has 39 heteroatoms. The number of non-ortho nitro benzene ring substituents is 3. The van der Waals surface area contributed by atoms with Gasteiger partial charge < -0.3 is 113 Å². The van der Waals surface area contributed by atoms with Gasteiger partial charge in [0.2, 0.25) is 5.95 Å². The van der Waals surface area contributed by atoms with E-state index in [2.05, 4.69) is 104 Å². The maximum Gasteiger partial charge on any atom is 0.273 e. The number of hydrogen-bond acceptors (Lipinski definition) is 31. The summed E-state index contributed by atoms with van der Waals surface area (Å²) in [5.41, 5.74) is 7.67. The molecule has 5 aliphatic rings. The Kier molecular flexibility index (Phi) is 52.0. The number of aromatic hydroxyl groups is 1. The molecule has 6 aromatic carbocycles. The van der Waals surface area contributed by atoms with E-state index in [-0.39, 0.29) is 35.0 Å². The van der Waals surface area contributed by atoms with E-state index in [4.69, 9.17) is 97.7 Å². The van der Waals surface area contributed by atoms with Crippen LogP contribution in [0.25, 0.3) is 0 Å². The van der Waals surface area contributed by atoms with Crippen LogP contribution in [-0.2, 0) is 9.47 Å². The molecule has 34 nitrogen and oxygen atoms in total. The minimum absolute atomic E-state index is 0. The topological polar surface area (TPSA) is 362 Å². The fraction of sp³-hybridized carbons (Fsp3) is 0.524. The third-order valence-electron chi connectivity index (χ3n) is 18.8. The summed E-state index contributed by atoms with van der Waals surface area (Å²) in [5.74, 6) is 6.28. The van der Waals surface area contributed by atoms with Gasteiger partial charge in [-0.1, -0.05) is 27.5 Å². The molecule has 7 aromatic rings. The van der Waals surface area contributed by atoms with Gasteiger partial charge in [-0.15, -0.1) is 23.2 Å². The fourth-order valence-electron chi connectivity index (χ4n) is 11.7. The normalized spacial score (nSPS) is 15.0. The molecule has 0 bridgehead atoms. The Balaban J connectivity index is 0.000000319.